The molecule has 0 aliphatic rings. The fourth-order valence-electron chi connectivity index (χ4n) is 2.08. The molecule has 0 heterocycles. The predicted octanol–water partition coefficient (Wildman–Crippen LogP) is 4.13. The van der Waals surface area contributed by atoms with E-state index in [1.807, 2.05) is 0 Å². The minimum absolute atomic E-state index is 0. The summed E-state index contributed by atoms with van der Waals surface area (Å²) in [7, 11) is 0. The standard InChI is InChI=1S/C14H17.Ti/c1-4-5-12-8-13-10(2)6-7-11(3)14(13)9-12;/h6-9H,4-5H2,1-3H3;/q-1;. The third kappa shape index (κ3) is 2.38. The molecule has 0 aromatic heterocycles. The quantitative estimate of drug-likeness (QED) is 0.540. The van der Waals surface area contributed by atoms with Gasteiger partial charge in [-0.25, -0.2) is 0 Å². The number of aryl methyl sites for hydroxylation is 3. The summed E-state index contributed by atoms with van der Waals surface area (Å²) < 4.78 is 0. The molecule has 0 bridgehead atoms. The molecule has 0 radical (unpaired) electrons. The molecule has 0 fully saturated rings. The van der Waals surface area contributed by atoms with Gasteiger partial charge in [-0.2, -0.15) is 6.07 Å². The first kappa shape index (κ1) is 12.6. The van der Waals surface area contributed by atoms with Gasteiger partial charge in [0.15, 0.2) is 0 Å². The van der Waals surface area contributed by atoms with Gasteiger partial charge in [0.25, 0.3) is 0 Å². The van der Waals surface area contributed by atoms with Crippen LogP contribution in [0, 0.1) is 13.8 Å². The van der Waals surface area contributed by atoms with Crippen molar-refractivity contribution in [2.75, 3.05) is 0 Å². The van der Waals surface area contributed by atoms with Gasteiger partial charge in [-0.15, -0.1) is 34.0 Å². The number of fused-ring (bicyclic) bond motifs is 1. The minimum Gasteiger partial charge on any atom is -0.165 e. The second-order valence-corrected chi connectivity index (χ2v) is 4.14. The fraction of sp³-hybridized carbons (Fsp3) is 0.357. The first-order chi connectivity index (χ1) is 6.72. The van der Waals surface area contributed by atoms with Crippen molar-refractivity contribution in [3.8, 4) is 0 Å². The first-order valence-corrected chi connectivity index (χ1v) is 5.38. The maximum absolute atomic E-state index is 2.35. The van der Waals surface area contributed by atoms with Crippen LogP contribution >= 0.6 is 0 Å². The van der Waals surface area contributed by atoms with Crippen molar-refractivity contribution in [2.45, 2.75) is 33.6 Å². The first-order valence-electron chi connectivity index (χ1n) is 5.38. The Morgan fingerprint density at radius 3 is 2.40 bits per heavy atom. The molecular weight excluding hydrogens is 216 g/mol. The summed E-state index contributed by atoms with van der Waals surface area (Å²) in [5.74, 6) is 0. The molecule has 0 spiro atoms. The van der Waals surface area contributed by atoms with Gasteiger partial charge < -0.3 is 0 Å². The molecule has 0 N–H and O–H groups in total. The van der Waals surface area contributed by atoms with Crippen LogP contribution in [0.1, 0.15) is 30.0 Å². The van der Waals surface area contributed by atoms with Crippen molar-refractivity contribution < 1.29 is 21.7 Å². The van der Waals surface area contributed by atoms with E-state index in [4.69, 9.17) is 0 Å². The second kappa shape index (κ2) is 5.05. The van der Waals surface area contributed by atoms with Crippen LogP contribution in [0.2, 0.25) is 0 Å². The van der Waals surface area contributed by atoms with Crippen LogP contribution < -0.4 is 0 Å². The van der Waals surface area contributed by atoms with Crippen molar-refractivity contribution in [1.29, 1.82) is 0 Å². The van der Waals surface area contributed by atoms with Crippen molar-refractivity contribution in [3.63, 3.8) is 0 Å². The van der Waals surface area contributed by atoms with Crippen LogP contribution in [0.3, 0.4) is 0 Å². The third-order valence-electron chi connectivity index (χ3n) is 2.92. The van der Waals surface area contributed by atoms with Crippen LogP contribution in [-0.4, -0.2) is 0 Å². The number of rotatable bonds is 2. The van der Waals surface area contributed by atoms with Crippen LogP contribution in [-0.2, 0) is 28.1 Å². The molecule has 15 heavy (non-hydrogen) atoms. The van der Waals surface area contributed by atoms with E-state index in [2.05, 4.69) is 45.0 Å². The Hall–Kier alpha value is -0.456. The Labute approximate surface area is 107 Å². The number of hydrogen-bond donors (Lipinski definition) is 0. The molecule has 0 nitrogen and oxygen atoms in total. The second-order valence-electron chi connectivity index (χ2n) is 4.14. The zero-order valence-electron chi connectivity index (χ0n) is 9.72. The Kier molecular flexibility index (Phi) is 4.25. The van der Waals surface area contributed by atoms with Crippen molar-refractivity contribution in [1.82, 2.24) is 0 Å². The maximum atomic E-state index is 2.35. The van der Waals surface area contributed by atoms with Gasteiger partial charge in [-0.3, -0.25) is 0 Å². The summed E-state index contributed by atoms with van der Waals surface area (Å²) in [5.41, 5.74) is 4.28. The van der Waals surface area contributed by atoms with E-state index < -0.39 is 0 Å². The van der Waals surface area contributed by atoms with Crippen LogP contribution in [0.25, 0.3) is 10.8 Å². The molecule has 0 saturated heterocycles. The van der Waals surface area contributed by atoms with Gasteiger partial charge in [0.05, 0.1) is 0 Å². The minimum atomic E-state index is 0. The Morgan fingerprint density at radius 1 is 1.13 bits per heavy atom. The van der Waals surface area contributed by atoms with Crippen molar-refractivity contribution >= 4 is 10.8 Å². The normalized spacial score (nSPS) is 10.3. The number of benzene rings is 1. The average molecular weight is 233 g/mol. The van der Waals surface area contributed by atoms with Gasteiger partial charge in [-0.05, 0) is 13.3 Å². The molecule has 0 saturated carbocycles. The number of hydrogen-bond acceptors (Lipinski definition) is 0. The van der Waals surface area contributed by atoms with E-state index >= 15 is 0 Å². The summed E-state index contributed by atoms with van der Waals surface area (Å²) in [6, 6.07) is 9.13. The smallest absolute Gasteiger partial charge is 0 e. The van der Waals surface area contributed by atoms with Crippen LogP contribution in [0.15, 0.2) is 24.3 Å². The molecule has 0 amide bonds. The van der Waals surface area contributed by atoms with Gasteiger partial charge in [0, 0.05) is 21.7 Å². The summed E-state index contributed by atoms with van der Waals surface area (Å²) in [5, 5.41) is 2.88. The molecular formula is C14H17Ti-. The van der Waals surface area contributed by atoms with Crippen molar-refractivity contribution in [2.24, 2.45) is 0 Å². The zero-order valence-corrected chi connectivity index (χ0v) is 11.3. The molecule has 0 aliphatic heterocycles. The fourth-order valence-corrected chi connectivity index (χ4v) is 2.08. The Bertz CT molecular complexity index is 413. The maximum Gasteiger partial charge on any atom is 0 e. The molecule has 2 rings (SSSR count). The monoisotopic (exact) mass is 233 g/mol. The molecule has 0 unspecified atom stereocenters. The summed E-state index contributed by atoms with van der Waals surface area (Å²) in [6.07, 6.45) is 2.43. The van der Waals surface area contributed by atoms with E-state index in [1.165, 1.54) is 40.3 Å². The van der Waals surface area contributed by atoms with Crippen LogP contribution in [0.5, 0.6) is 0 Å². The Morgan fingerprint density at radius 2 is 1.80 bits per heavy atom. The van der Waals surface area contributed by atoms with E-state index in [9.17, 15) is 0 Å². The molecule has 2 aromatic rings. The Balaban J connectivity index is 0.00000112. The summed E-state index contributed by atoms with van der Waals surface area (Å²) in [4.78, 5) is 0. The predicted molar refractivity (Wildman–Crippen MR) is 63.0 cm³/mol. The SMILES string of the molecule is CCCc1cc2c(C)ccc(C)c2[cH-]1.[Ti]. The van der Waals surface area contributed by atoms with E-state index in [0.29, 0.717) is 0 Å². The summed E-state index contributed by atoms with van der Waals surface area (Å²) in [6.45, 7) is 6.62. The van der Waals surface area contributed by atoms with Gasteiger partial charge in [-0.1, -0.05) is 31.9 Å². The molecule has 2 aromatic carbocycles. The topological polar surface area (TPSA) is 0 Å². The van der Waals surface area contributed by atoms with Crippen molar-refractivity contribution in [3.05, 3.63) is 41.0 Å². The third-order valence-corrected chi connectivity index (χ3v) is 2.92. The largest absolute Gasteiger partial charge is 0.165 e. The van der Waals surface area contributed by atoms with E-state index in [0.717, 1.165) is 0 Å². The van der Waals surface area contributed by atoms with Gasteiger partial charge in [0.2, 0.25) is 0 Å². The van der Waals surface area contributed by atoms with Crippen LogP contribution in [0.4, 0.5) is 0 Å². The molecule has 0 atom stereocenters. The zero-order chi connectivity index (χ0) is 10.1. The molecule has 78 valence electrons. The molecule has 0 aliphatic carbocycles. The van der Waals surface area contributed by atoms with Gasteiger partial charge in [0.1, 0.15) is 0 Å². The molecule has 1 heteroatoms. The average Bonchev–Trinajstić information content (AvgIpc) is 2.57. The van der Waals surface area contributed by atoms with Gasteiger partial charge >= 0.3 is 0 Å². The van der Waals surface area contributed by atoms with E-state index in [1.54, 1.807) is 0 Å². The van der Waals surface area contributed by atoms with E-state index in [-0.39, 0.29) is 21.7 Å². The summed E-state index contributed by atoms with van der Waals surface area (Å²) >= 11 is 0.